The van der Waals surface area contributed by atoms with E-state index >= 15 is 0 Å². The third-order valence-electron chi connectivity index (χ3n) is 1.77. The van der Waals surface area contributed by atoms with E-state index in [0.29, 0.717) is 11.3 Å². The Morgan fingerprint density at radius 3 is 2.79 bits per heavy atom. The van der Waals surface area contributed by atoms with E-state index in [1.165, 1.54) is 13.2 Å². The summed E-state index contributed by atoms with van der Waals surface area (Å²) in [5, 5.41) is 0. The molecule has 5 heteroatoms. The van der Waals surface area contributed by atoms with Crippen molar-refractivity contribution in [2.75, 3.05) is 7.11 Å². The van der Waals surface area contributed by atoms with E-state index in [4.69, 9.17) is 0 Å². The highest BCUT2D eigenvalue weighted by Crippen LogP contribution is 2.20. The van der Waals surface area contributed by atoms with Gasteiger partial charge in [-0.1, -0.05) is 6.07 Å². The Morgan fingerprint density at radius 1 is 1.50 bits per heavy atom. The molecule has 1 aromatic carbocycles. The monoisotopic (exact) mass is 211 g/mol. The molecule has 1 aromatic rings. The summed E-state index contributed by atoms with van der Waals surface area (Å²) in [6.45, 7) is 1.82. The Kier molecular flexibility index (Phi) is 3.53. The van der Waals surface area contributed by atoms with Gasteiger partial charge in [0, 0.05) is 0 Å². The van der Waals surface area contributed by atoms with Crippen molar-refractivity contribution >= 4 is 23.1 Å². The number of benzene rings is 1. The first-order chi connectivity index (χ1) is 6.69. The summed E-state index contributed by atoms with van der Waals surface area (Å²) < 4.78 is 18.4. The van der Waals surface area contributed by atoms with Crippen molar-refractivity contribution in [2.45, 2.75) is 6.92 Å². The third-order valence-corrected chi connectivity index (χ3v) is 2.04. The maximum absolute atomic E-state index is 11.1. The first-order valence-electron chi connectivity index (χ1n) is 3.88. The van der Waals surface area contributed by atoms with Crippen molar-refractivity contribution in [1.29, 1.82) is 0 Å². The minimum Gasteiger partial charge on any atom is -0.465 e. The summed E-state index contributed by atoms with van der Waals surface area (Å²) in [5.41, 5.74) is 1.75. The van der Waals surface area contributed by atoms with Crippen LogP contribution in [0.1, 0.15) is 15.9 Å². The van der Waals surface area contributed by atoms with Crippen molar-refractivity contribution < 1.29 is 13.7 Å². The van der Waals surface area contributed by atoms with Crippen LogP contribution in [0.25, 0.3) is 0 Å². The fourth-order valence-electron chi connectivity index (χ4n) is 0.993. The van der Waals surface area contributed by atoms with Gasteiger partial charge in [0.1, 0.15) is 0 Å². The molecule has 14 heavy (non-hydrogen) atoms. The lowest BCUT2D eigenvalue weighted by molar-refractivity contribution is 0.0601. The number of rotatable bonds is 2. The van der Waals surface area contributed by atoms with Crippen molar-refractivity contribution in [2.24, 2.45) is 4.36 Å². The predicted octanol–water partition coefficient (Wildman–Crippen LogP) is 1.81. The number of nitrogens with zero attached hydrogens (tertiary/aromatic N) is 1. The lowest BCUT2D eigenvalue weighted by Gasteiger charge is -2.01. The normalized spacial score (nSPS) is 9.29. The van der Waals surface area contributed by atoms with E-state index in [0.717, 1.165) is 5.56 Å². The van der Waals surface area contributed by atoms with Crippen molar-refractivity contribution in [1.82, 2.24) is 0 Å². The van der Waals surface area contributed by atoms with Crippen LogP contribution in [0.3, 0.4) is 0 Å². The SMILES string of the molecule is COC(=O)c1ccc(C)c(N=S=O)c1. The number of carbonyl (C=O) groups excluding carboxylic acids is 1. The zero-order chi connectivity index (χ0) is 10.6. The van der Waals surface area contributed by atoms with Gasteiger partial charge in [-0.05, 0) is 24.6 Å². The Labute approximate surface area is 85.1 Å². The van der Waals surface area contributed by atoms with Crippen LogP contribution in [-0.2, 0) is 16.2 Å². The number of carbonyl (C=O) groups is 1. The number of hydrogen-bond acceptors (Lipinski definition) is 4. The first-order valence-corrected chi connectivity index (χ1v) is 4.58. The lowest BCUT2D eigenvalue weighted by Crippen LogP contribution is -2.00. The van der Waals surface area contributed by atoms with Gasteiger partial charge >= 0.3 is 5.97 Å². The zero-order valence-corrected chi connectivity index (χ0v) is 8.63. The van der Waals surface area contributed by atoms with E-state index in [2.05, 4.69) is 9.10 Å². The maximum atomic E-state index is 11.1. The van der Waals surface area contributed by atoms with Crippen LogP contribution in [0, 0.1) is 6.92 Å². The first kappa shape index (κ1) is 10.6. The molecule has 0 saturated carbocycles. The highest BCUT2D eigenvalue weighted by molar-refractivity contribution is 7.54. The molecule has 0 N–H and O–H groups in total. The number of aryl methyl sites for hydroxylation is 1. The van der Waals surface area contributed by atoms with Gasteiger partial charge in [0.05, 0.1) is 18.4 Å². The highest BCUT2D eigenvalue weighted by atomic mass is 32.1. The van der Waals surface area contributed by atoms with E-state index in [1.54, 1.807) is 12.1 Å². The zero-order valence-electron chi connectivity index (χ0n) is 7.81. The van der Waals surface area contributed by atoms with Gasteiger partial charge in [-0.3, -0.25) is 0 Å². The summed E-state index contributed by atoms with van der Waals surface area (Å²) in [6.07, 6.45) is 0. The molecule has 0 amide bonds. The molecular formula is C9H9NO3S. The van der Waals surface area contributed by atoms with Gasteiger partial charge in [0.15, 0.2) is 0 Å². The van der Waals surface area contributed by atoms with Crippen molar-refractivity contribution in [3.8, 4) is 0 Å². The Hall–Kier alpha value is -1.49. The van der Waals surface area contributed by atoms with Crippen LogP contribution in [0.2, 0.25) is 0 Å². The van der Waals surface area contributed by atoms with Crippen LogP contribution in [0.4, 0.5) is 5.69 Å². The Bertz CT molecular complexity index is 411. The summed E-state index contributed by atoms with van der Waals surface area (Å²) in [4.78, 5) is 11.1. The van der Waals surface area contributed by atoms with Crippen molar-refractivity contribution in [3.05, 3.63) is 29.3 Å². The molecule has 0 atom stereocenters. The molecule has 4 nitrogen and oxygen atoms in total. The molecule has 0 bridgehead atoms. The lowest BCUT2D eigenvalue weighted by atomic mass is 10.1. The molecule has 74 valence electrons. The minimum absolute atomic E-state index is 0.120. The third kappa shape index (κ3) is 2.26. The number of esters is 1. The molecule has 0 radical (unpaired) electrons. The standard InChI is InChI=1S/C9H9NO3S/c1-6-3-4-7(9(11)13-2)5-8(6)10-14-12/h3-5H,1-2H3. The molecule has 0 saturated heterocycles. The molecule has 0 heterocycles. The van der Waals surface area contributed by atoms with Crippen LogP contribution in [-0.4, -0.2) is 17.3 Å². The van der Waals surface area contributed by atoms with Gasteiger partial charge in [-0.25, -0.2) is 4.79 Å². The largest absolute Gasteiger partial charge is 0.465 e. The Balaban J connectivity index is 3.18. The Morgan fingerprint density at radius 2 is 2.21 bits per heavy atom. The van der Waals surface area contributed by atoms with Gasteiger partial charge in [0.2, 0.25) is 11.5 Å². The molecular weight excluding hydrogens is 202 g/mol. The number of methoxy groups -OCH3 is 1. The average molecular weight is 211 g/mol. The van der Waals surface area contributed by atoms with E-state index < -0.39 is 5.97 Å². The van der Waals surface area contributed by atoms with Crippen molar-refractivity contribution in [3.63, 3.8) is 0 Å². The molecule has 0 aliphatic carbocycles. The summed E-state index contributed by atoms with van der Waals surface area (Å²) in [5.74, 6) is -0.433. The molecule has 0 aromatic heterocycles. The molecule has 0 unspecified atom stereocenters. The predicted molar refractivity (Wildman–Crippen MR) is 52.7 cm³/mol. The highest BCUT2D eigenvalue weighted by Gasteiger charge is 2.07. The smallest absolute Gasteiger partial charge is 0.337 e. The summed E-state index contributed by atoms with van der Waals surface area (Å²) in [7, 11) is 1.31. The molecule has 0 spiro atoms. The van der Waals surface area contributed by atoms with Gasteiger partial charge in [-0.2, -0.15) is 8.57 Å². The molecule has 0 fully saturated rings. The van der Waals surface area contributed by atoms with Gasteiger partial charge in [-0.15, -0.1) is 0 Å². The van der Waals surface area contributed by atoms with Crippen LogP contribution in [0.15, 0.2) is 22.6 Å². The van der Waals surface area contributed by atoms with Gasteiger partial charge in [0.25, 0.3) is 0 Å². The molecule has 0 aliphatic rings. The fourth-order valence-corrected chi connectivity index (χ4v) is 1.27. The summed E-state index contributed by atoms with van der Waals surface area (Å²) >= 11 is 0.120. The van der Waals surface area contributed by atoms with E-state index in [9.17, 15) is 9.00 Å². The topological polar surface area (TPSA) is 55.7 Å². The van der Waals surface area contributed by atoms with E-state index in [1.807, 2.05) is 6.92 Å². The second-order valence-electron chi connectivity index (χ2n) is 2.66. The number of hydrogen-bond donors (Lipinski definition) is 0. The van der Waals surface area contributed by atoms with Crippen LogP contribution < -0.4 is 0 Å². The fraction of sp³-hybridized carbons (Fsp3) is 0.222. The molecule has 1 rings (SSSR count). The van der Waals surface area contributed by atoms with Crippen LogP contribution >= 0.6 is 0 Å². The van der Waals surface area contributed by atoms with Gasteiger partial charge < -0.3 is 4.74 Å². The quantitative estimate of drug-likeness (QED) is 0.701. The average Bonchev–Trinajstić information content (AvgIpc) is 2.20. The minimum atomic E-state index is -0.433. The second kappa shape index (κ2) is 4.66. The summed E-state index contributed by atoms with van der Waals surface area (Å²) in [6, 6.07) is 4.89. The maximum Gasteiger partial charge on any atom is 0.337 e. The van der Waals surface area contributed by atoms with E-state index in [-0.39, 0.29) is 11.5 Å². The van der Waals surface area contributed by atoms with Crippen LogP contribution in [0.5, 0.6) is 0 Å². The second-order valence-corrected chi connectivity index (χ2v) is 2.99. The number of ether oxygens (including phenoxy) is 1. The molecule has 0 aliphatic heterocycles.